The Morgan fingerprint density at radius 1 is 1.00 bits per heavy atom. The first-order chi connectivity index (χ1) is 9.30. The summed E-state index contributed by atoms with van der Waals surface area (Å²) in [5.74, 6) is -0.774. The Morgan fingerprint density at radius 2 is 1.65 bits per heavy atom. The maximum atomic E-state index is 13.7. The minimum absolute atomic E-state index is 0.204. The standard InChI is InChI=1S/C14H9BrF4O/c15-8-5-6-10(12(16)7-8)13(20)9-3-1-2-4-11(9)14(17,18)19/h1-7,13,20H. The highest BCUT2D eigenvalue weighted by Crippen LogP contribution is 2.37. The lowest BCUT2D eigenvalue weighted by molar-refractivity contribution is -0.139. The molecule has 0 bridgehead atoms. The average molecular weight is 349 g/mol. The normalized spacial score (nSPS) is 13.3. The van der Waals surface area contributed by atoms with Crippen molar-refractivity contribution >= 4 is 15.9 Å². The van der Waals surface area contributed by atoms with Gasteiger partial charge in [-0.2, -0.15) is 13.2 Å². The van der Waals surface area contributed by atoms with E-state index in [2.05, 4.69) is 15.9 Å². The van der Waals surface area contributed by atoms with Gasteiger partial charge in [0, 0.05) is 10.0 Å². The Kier molecular flexibility index (Phi) is 4.15. The first kappa shape index (κ1) is 15.0. The van der Waals surface area contributed by atoms with Crippen LogP contribution in [0, 0.1) is 5.82 Å². The van der Waals surface area contributed by atoms with Gasteiger partial charge in [-0.15, -0.1) is 0 Å². The van der Waals surface area contributed by atoms with Gasteiger partial charge in [-0.05, 0) is 23.8 Å². The van der Waals surface area contributed by atoms with Gasteiger partial charge in [0.25, 0.3) is 0 Å². The number of rotatable bonds is 2. The molecule has 1 nitrogen and oxygen atoms in total. The van der Waals surface area contributed by atoms with Gasteiger partial charge in [0.2, 0.25) is 0 Å². The minimum Gasteiger partial charge on any atom is -0.384 e. The van der Waals surface area contributed by atoms with Gasteiger partial charge in [0.1, 0.15) is 11.9 Å². The largest absolute Gasteiger partial charge is 0.416 e. The quantitative estimate of drug-likeness (QED) is 0.780. The molecule has 0 aromatic heterocycles. The number of hydrogen-bond donors (Lipinski definition) is 1. The molecule has 0 fully saturated rings. The van der Waals surface area contributed by atoms with Crippen molar-refractivity contribution in [3.8, 4) is 0 Å². The smallest absolute Gasteiger partial charge is 0.384 e. The molecule has 0 amide bonds. The Bertz CT molecular complexity index is 625. The van der Waals surface area contributed by atoms with E-state index in [1.807, 2.05) is 0 Å². The van der Waals surface area contributed by atoms with Crippen LogP contribution < -0.4 is 0 Å². The lowest BCUT2D eigenvalue weighted by Gasteiger charge is -2.18. The zero-order valence-electron chi connectivity index (χ0n) is 9.96. The van der Waals surface area contributed by atoms with Crippen molar-refractivity contribution < 1.29 is 22.7 Å². The summed E-state index contributed by atoms with van der Waals surface area (Å²) in [7, 11) is 0. The zero-order chi connectivity index (χ0) is 14.9. The molecule has 0 saturated carbocycles. The van der Waals surface area contributed by atoms with Gasteiger partial charge in [0.15, 0.2) is 0 Å². The summed E-state index contributed by atoms with van der Waals surface area (Å²) in [6.45, 7) is 0. The van der Waals surface area contributed by atoms with E-state index >= 15 is 0 Å². The fraction of sp³-hybridized carbons (Fsp3) is 0.143. The molecule has 2 aromatic carbocycles. The van der Waals surface area contributed by atoms with E-state index < -0.39 is 23.7 Å². The van der Waals surface area contributed by atoms with Crippen LogP contribution in [0.1, 0.15) is 22.8 Å². The van der Waals surface area contributed by atoms with Gasteiger partial charge in [0.05, 0.1) is 5.56 Å². The molecule has 0 radical (unpaired) electrons. The van der Waals surface area contributed by atoms with Crippen molar-refractivity contribution in [1.29, 1.82) is 0 Å². The summed E-state index contributed by atoms with van der Waals surface area (Å²) in [6, 6.07) is 8.37. The van der Waals surface area contributed by atoms with E-state index in [1.165, 1.54) is 24.3 Å². The third-order valence-electron chi connectivity index (χ3n) is 2.82. The Hall–Kier alpha value is -1.40. The average Bonchev–Trinajstić information content (AvgIpc) is 2.37. The maximum Gasteiger partial charge on any atom is 0.416 e. The molecular weight excluding hydrogens is 340 g/mol. The first-order valence-corrected chi connectivity index (χ1v) is 6.39. The first-order valence-electron chi connectivity index (χ1n) is 5.60. The predicted molar refractivity (Wildman–Crippen MR) is 69.6 cm³/mol. The molecule has 2 rings (SSSR count). The van der Waals surface area contributed by atoms with E-state index in [0.29, 0.717) is 4.47 Å². The zero-order valence-corrected chi connectivity index (χ0v) is 11.5. The number of alkyl halides is 3. The van der Waals surface area contributed by atoms with Crippen LogP contribution in [0.25, 0.3) is 0 Å². The van der Waals surface area contributed by atoms with Crippen molar-refractivity contribution in [3.05, 3.63) is 69.4 Å². The summed E-state index contributed by atoms with van der Waals surface area (Å²) in [5.41, 5.74) is -1.55. The van der Waals surface area contributed by atoms with Gasteiger partial charge < -0.3 is 5.11 Å². The third-order valence-corrected chi connectivity index (χ3v) is 3.31. The van der Waals surface area contributed by atoms with Crippen LogP contribution in [0.5, 0.6) is 0 Å². The van der Waals surface area contributed by atoms with E-state index in [-0.39, 0.29) is 11.1 Å². The van der Waals surface area contributed by atoms with Crippen molar-refractivity contribution in [2.45, 2.75) is 12.3 Å². The van der Waals surface area contributed by atoms with Crippen LogP contribution in [0.15, 0.2) is 46.9 Å². The molecular formula is C14H9BrF4O. The maximum absolute atomic E-state index is 13.7. The van der Waals surface area contributed by atoms with Crippen molar-refractivity contribution in [2.24, 2.45) is 0 Å². The van der Waals surface area contributed by atoms with E-state index in [1.54, 1.807) is 0 Å². The van der Waals surface area contributed by atoms with Crippen molar-refractivity contribution in [2.75, 3.05) is 0 Å². The highest BCUT2D eigenvalue weighted by atomic mass is 79.9. The minimum atomic E-state index is -4.61. The molecule has 0 aliphatic carbocycles. The fourth-order valence-corrected chi connectivity index (χ4v) is 2.22. The molecule has 0 aliphatic rings. The molecule has 1 N–H and O–H groups in total. The summed E-state index contributed by atoms with van der Waals surface area (Å²) < 4.78 is 52.8. The number of hydrogen-bond acceptors (Lipinski definition) is 1. The van der Waals surface area contributed by atoms with E-state index in [0.717, 1.165) is 18.2 Å². The summed E-state index contributed by atoms with van der Waals surface area (Å²) in [5, 5.41) is 10.1. The second-order valence-electron chi connectivity index (χ2n) is 4.15. The van der Waals surface area contributed by atoms with Crippen molar-refractivity contribution in [1.82, 2.24) is 0 Å². The topological polar surface area (TPSA) is 20.2 Å². The molecule has 0 heterocycles. The van der Waals surface area contributed by atoms with Gasteiger partial charge >= 0.3 is 6.18 Å². The summed E-state index contributed by atoms with van der Waals surface area (Å²) >= 11 is 3.05. The SMILES string of the molecule is OC(c1ccc(Br)cc1F)c1ccccc1C(F)(F)F. The van der Waals surface area contributed by atoms with E-state index in [9.17, 15) is 22.7 Å². The molecule has 0 aliphatic heterocycles. The molecule has 0 saturated heterocycles. The summed E-state index contributed by atoms with van der Waals surface area (Å²) in [6.07, 6.45) is -6.29. The molecule has 1 unspecified atom stereocenters. The Labute approximate surface area is 121 Å². The molecule has 106 valence electrons. The molecule has 20 heavy (non-hydrogen) atoms. The molecule has 1 atom stereocenters. The number of benzene rings is 2. The Morgan fingerprint density at radius 3 is 2.25 bits per heavy atom. The van der Waals surface area contributed by atoms with Crippen LogP contribution in [0.2, 0.25) is 0 Å². The van der Waals surface area contributed by atoms with E-state index in [4.69, 9.17) is 0 Å². The van der Waals surface area contributed by atoms with Gasteiger partial charge in [-0.25, -0.2) is 4.39 Å². The lowest BCUT2D eigenvalue weighted by atomic mass is 9.96. The highest BCUT2D eigenvalue weighted by molar-refractivity contribution is 9.10. The number of halogens is 5. The second-order valence-corrected chi connectivity index (χ2v) is 5.07. The number of aliphatic hydroxyl groups is 1. The van der Waals surface area contributed by atoms with Crippen LogP contribution in [0.4, 0.5) is 17.6 Å². The van der Waals surface area contributed by atoms with Gasteiger partial charge in [-0.3, -0.25) is 0 Å². The monoisotopic (exact) mass is 348 g/mol. The van der Waals surface area contributed by atoms with Crippen LogP contribution in [-0.2, 0) is 6.18 Å². The summed E-state index contributed by atoms with van der Waals surface area (Å²) in [4.78, 5) is 0. The van der Waals surface area contributed by atoms with Crippen LogP contribution in [0.3, 0.4) is 0 Å². The fourth-order valence-electron chi connectivity index (χ4n) is 1.88. The second kappa shape index (κ2) is 5.54. The third kappa shape index (κ3) is 3.02. The van der Waals surface area contributed by atoms with Crippen LogP contribution in [-0.4, -0.2) is 5.11 Å². The molecule has 2 aromatic rings. The lowest BCUT2D eigenvalue weighted by Crippen LogP contribution is -2.13. The van der Waals surface area contributed by atoms with Crippen molar-refractivity contribution in [3.63, 3.8) is 0 Å². The molecule has 0 spiro atoms. The van der Waals surface area contributed by atoms with Crippen LogP contribution >= 0.6 is 15.9 Å². The Balaban J connectivity index is 2.51. The number of aliphatic hydroxyl groups excluding tert-OH is 1. The predicted octanol–water partition coefficient (Wildman–Crippen LogP) is 4.69. The highest BCUT2D eigenvalue weighted by Gasteiger charge is 2.35. The molecule has 6 heteroatoms. The van der Waals surface area contributed by atoms with Gasteiger partial charge in [-0.1, -0.05) is 40.2 Å².